The van der Waals surface area contributed by atoms with Gasteiger partial charge in [-0.25, -0.2) is 31.9 Å². The standard InChI is InChI=1S/C14H14F2N8O2S/c1-27(25,26)19-7-12(8-2-3-10(15)11(16)4-8)20-14-17-5-9(6-18-14)13-21-23-24-22-13/h2-6,12,19H,7H2,1H3,(H,17,18,20)(H,21,22,23,24). The molecule has 27 heavy (non-hydrogen) atoms. The zero-order valence-corrected chi connectivity index (χ0v) is 14.7. The number of halogens is 2. The van der Waals surface area contributed by atoms with Crippen LogP contribution in [-0.4, -0.2) is 51.8 Å². The van der Waals surface area contributed by atoms with Gasteiger partial charge in [-0.2, -0.15) is 5.21 Å². The van der Waals surface area contributed by atoms with Crippen molar-refractivity contribution in [2.45, 2.75) is 6.04 Å². The number of tetrazole rings is 1. The van der Waals surface area contributed by atoms with Gasteiger partial charge in [0, 0.05) is 18.9 Å². The van der Waals surface area contributed by atoms with Crippen molar-refractivity contribution < 1.29 is 17.2 Å². The highest BCUT2D eigenvalue weighted by Crippen LogP contribution is 2.20. The molecule has 142 valence electrons. The Morgan fingerprint density at radius 2 is 1.93 bits per heavy atom. The van der Waals surface area contributed by atoms with E-state index in [1.165, 1.54) is 18.5 Å². The second-order valence-corrected chi connectivity index (χ2v) is 7.35. The Morgan fingerprint density at radius 1 is 1.19 bits per heavy atom. The molecule has 3 rings (SSSR count). The average molecular weight is 396 g/mol. The number of benzene rings is 1. The number of hydrogen-bond donors (Lipinski definition) is 3. The molecule has 0 saturated heterocycles. The van der Waals surface area contributed by atoms with E-state index >= 15 is 0 Å². The van der Waals surface area contributed by atoms with Crippen LogP contribution in [-0.2, 0) is 10.0 Å². The topological polar surface area (TPSA) is 138 Å². The molecule has 0 aliphatic rings. The maximum atomic E-state index is 13.6. The number of sulfonamides is 1. The van der Waals surface area contributed by atoms with Gasteiger partial charge in [0.25, 0.3) is 0 Å². The summed E-state index contributed by atoms with van der Waals surface area (Å²) in [5, 5.41) is 16.2. The Balaban J connectivity index is 1.82. The SMILES string of the molecule is CS(=O)(=O)NCC(Nc1ncc(-c2nn[nH]n2)cn1)c1ccc(F)c(F)c1. The van der Waals surface area contributed by atoms with E-state index in [9.17, 15) is 17.2 Å². The lowest BCUT2D eigenvalue weighted by atomic mass is 10.1. The van der Waals surface area contributed by atoms with Crippen LogP contribution in [0.5, 0.6) is 0 Å². The summed E-state index contributed by atoms with van der Waals surface area (Å²) in [4.78, 5) is 8.19. The minimum absolute atomic E-state index is 0.125. The molecule has 0 spiro atoms. The normalized spacial score (nSPS) is 12.7. The molecule has 0 radical (unpaired) electrons. The van der Waals surface area contributed by atoms with Gasteiger partial charge in [0.1, 0.15) is 0 Å². The van der Waals surface area contributed by atoms with Gasteiger partial charge in [-0.15, -0.1) is 10.2 Å². The molecule has 0 amide bonds. The highest BCUT2D eigenvalue weighted by molar-refractivity contribution is 7.88. The number of H-pyrrole nitrogens is 1. The molecule has 3 aromatic rings. The Bertz CT molecular complexity index is 1010. The van der Waals surface area contributed by atoms with Crippen LogP contribution < -0.4 is 10.0 Å². The van der Waals surface area contributed by atoms with E-state index in [4.69, 9.17) is 0 Å². The van der Waals surface area contributed by atoms with Gasteiger partial charge in [-0.3, -0.25) is 0 Å². The summed E-state index contributed by atoms with van der Waals surface area (Å²) < 4.78 is 51.9. The molecule has 13 heteroatoms. The lowest BCUT2D eigenvalue weighted by Crippen LogP contribution is -2.31. The number of aromatic nitrogens is 6. The summed E-state index contributed by atoms with van der Waals surface area (Å²) in [7, 11) is -3.50. The molecule has 0 bridgehead atoms. The van der Waals surface area contributed by atoms with Crippen LogP contribution in [0, 0.1) is 11.6 Å². The first kappa shape index (κ1) is 18.7. The highest BCUT2D eigenvalue weighted by Gasteiger charge is 2.17. The number of rotatable bonds is 7. The highest BCUT2D eigenvalue weighted by atomic mass is 32.2. The smallest absolute Gasteiger partial charge is 0.223 e. The summed E-state index contributed by atoms with van der Waals surface area (Å²) in [6.45, 7) is -0.125. The van der Waals surface area contributed by atoms with Crippen molar-refractivity contribution in [2.75, 3.05) is 18.1 Å². The molecule has 0 aliphatic carbocycles. The maximum Gasteiger partial charge on any atom is 0.223 e. The van der Waals surface area contributed by atoms with Crippen LogP contribution in [0.2, 0.25) is 0 Å². The summed E-state index contributed by atoms with van der Waals surface area (Å²) in [6.07, 6.45) is 3.87. The molecule has 1 atom stereocenters. The van der Waals surface area contributed by atoms with E-state index in [0.717, 1.165) is 18.4 Å². The first-order chi connectivity index (χ1) is 12.8. The number of anilines is 1. The Morgan fingerprint density at radius 3 is 2.52 bits per heavy atom. The fraction of sp³-hybridized carbons (Fsp3) is 0.214. The third-order valence-electron chi connectivity index (χ3n) is 3.45. The van der Waals surface area contributed by atoms with Crippen molar-refractivity contribution in [3.63, 3.8) is 0 Å². The fourth-order valence-electron chi connectivity index (χ4n) is 2.17. The quantitative estimate of drug-likeness (QED) is 0.529. The lowest BCUT2D eigenvalue weighted by molar-refractivity contribution is 0.505. The van der Waals surface area contributed by atoms with E-state index in [1.54, 1.807) is 0 Å². The van der Waals surface area contributed by atoms with Crippen LogP contribution in [0.15, 0.2) is 30.6 Å². The molecule has 0 saturated carbocycles. The van der Waals surface area contributed by atoms with Crippen molar-refractivity contribution in [3.8, 4) is 11.4 Å². The Kier molecular flexibility index (Phi) is 5.32. The van der Waals surface area contributed by atoms with Gasteiger partial charge in [0.05, 0.1) is 17.9 Å². The van der Waals surface area contributed by atoms with E-state index in [2.05, 4.69) is 40.6 Å². The molecule has 1 aromatic carbocycles. The zero-order chi connectivity index (χ0) is 19.4. The molecule has 0 aliphatic heterocycles. The zero-order valence-electron chi connectivity index (χ0n) is 13.9. The third kappa shape index (κ3) is 4.98. The van der Waals surface area contributed by atoms with Crippen LogP contribution in [0.3, 0.4) is 0 Å². The van der Waals surface area contributed by atoms with Crippen molar-refractivity contribution in [3.05, 3.63) is 47.8 Å². The largest absolute Gasteiger partial charge is 0.346 e. The van der Waals surface area contributed by atoms with Crippen LogP contribution in [0.4, 0.5) is 14.7 Å². The summed E-state index contributed by atoms with van der Waals surface area (Å²) in [5.74, 6) is -1.61. The fourth-order valence-corrected chi connectivity index (χ4v) is 2.64. The summed E-state index contributed by atoms with van der Waals surface area (Å²) in [5.41, 5.74) is 0.823. The number of nitrogens with one attached hydrogen (secondary N) is 3. The van der Waals surface area contributed by atoms with Crippen molar-refractivity contribution in [1.82, 2.24) is 35.3 Å². The number of nitrogens with zero attached hydrogens (tertiary/aromatic N) is 5. The molecule has 2 heterocycles. The predicted molar refractivity (Wildman–Crippen MR) is 90.8 cm³/mol. The maximum absolute atomic E-state index is 13.6. The van der Waals surface area contributed by atoms with E-state index in [1.807, 2.05) is 0 Å². The number of aromatic amines is 1. The van der Waals surface area contributed by atoms with Crippen molar-refractivity contribution in [2.24, 2.45) is 0 Å². The molecule has 0 fully saturated rings. The molecule has 10 nitrogen and oxygen atoms in total. The first-order valence-corrected chi connectivity index (χ1v) is 9.43. The molecular weight excluding hydrogens is 382 g/mol. The van der Waals surface area contributed by atoms with Gasteiger partial charge >= 0.3 is 0 Å². The van der Waals surface area contributed by atoms with Gasteiger partial charge in [0.2, 0.25) is 21.8 Å². The third-order valence-corrected chi connectivity index (χ3v) is 4.15. The summed E-state index contributed by atoms with van der Waals surface area (Å²) in [6, 6.07) is 2.53. The molecule has 1 unspecified atom stereocenters. The molecule has 3 N–H and O–H groups in total. The number of hydrogen-bond acceptors (Lipinski definition) is 8. The average Bonchev–Trinajstić information content (AvgIpc) is 3.15. The lowest BCUT2D eigenvalue weighted by Gasteiger charge is -2.19. The van der Waals surface area contributed by atoms with Gasteiger partial charge < -0.3 is 5.32 Å². The van der Waals surface area contributed by atoms with E-state index in [0.29, 0.717) is 17.0 Å². The Hall–Kier alpha value is -3.06. The van der Waals surface area contributed by atoms with Crippen molar-refractivity contribution >= 4 is 16.0 Å². The minimum Gasteiger partial charge on any atom is -0.346 e. The Labute approximate surface area is 152 Å². The molecule has 2 aromatic heterocycles. The van der Waals surface area contributed by atoms with Crippen LogP contribution in [0.25, 0.3) is 11.4 Å². The second-order valence-electron chi connectivity index (χ2n) is 5.52. The van der Waals surface area contributed by atoms with Gasteiger partial charge in [-0.1, -0.05) is 6.07 Å². The minimum atomic E-state index is -3.50. The second kappa shape index (κ2) is 7.67. The van der Waals surface area contributed by atoms with Crippen LogP contribution in [0.1, 0.15) is 11.6 Å². The van der Waals surface area contributed by atoms with Gasteiger partial charge in [0.15, 0.2) is 11.6 Å². The first-order valence-electron chi connectivity index (χ1n) is 7.54. The predicted octanol–water partition coefficient (Wildman–Crippen LogP) is 0.637. The van der Waals surface area contributed by atoms with Gasteiger partial charge in [-0.05, 0) is 22.9 Å². The monoisotopic (exact) mass is 396 g/mol. The van der Waals surface area contributed by atoms with Crippen molar-refractivity contribution in [1.29, 1.82) is 0 Å². The molecular formula is C14H14F2N8O2S. The van der Waals surface area contributed by atoms with E-state index in [-0.39, 0.29) is 12.5 Å². The summed E-state index contributed by atoms with van der Waals surface area (Å²) >= 11 is 0. The van der Waals surface area contributed by atoms with Crippen LogP contribution >= 0.6 is 0 Å². The van der Waals surface area contributed by atoms with E-state index < -0.39 is 27.7 Å².